The highest BCUT2D eigenvalue weighted by Gasteiger charge is 2.22. The minimum absolute atomic E-state index is 0.0654. The molecule has 0 saturated carbocycles. The van der Waals surface area contributed by atoms with Crippen LogP contribution in [0.3, 0.4) is 0 Å². The van der Waals surface area contributed by atoms with E-state index < -0.39 is 0 Å². The molecule has 1 fully saturated rings. The van der Waals surface area contributed by atoms with Gasteiger partial charge in [-0.15, -0.1) is 0 Å². The van der Waals surface area contributed by atoms with E-state index in [2.05, 4.69) is 25.7 Å². The van der Waals surface area contributed by atoms with E-state index >= 15 is 0 Å². The second-order valence-electron chi connectivity index (χ2n) is 4.42. The molecule has 0 aromatic rings. The molecule has 1 aliphatic heterocycles. The number of β-amino-alcohol motifs (C(OH)–C–C–N with tert-alkyl or cyclic N) is 1. The van der Waals surface area contributed by atoms with Crippen LogP contribution in [0.25, 0.3) is 0 Å². The van der Waals surface area contributed by atoms with E-state index in [1.165, 1.54) is 0 Å². The summed E-state index contributed by atoms with van der Waals surface area (Å²) >= 11 is 0. The Morgan fingerprint density at radius 1 is 1.42 bits per heavy atom. The highest BCUT2D eigenvalue weighted by Crippen LogP contribution is 2.15. The summed E-state index contributed by atoms with van der Waals surface area (Å²) in [5, 5.41) is 9.31. The van der Waals surface area contributed by atoms with Crippen molar-refractivity contribution in [2.45, 2.75) is 33.3 Å². The standard InChI is InChI=1S/C10H21NO/c1-8(2)9(3)6-11-5-4-10(12)7-11/h8-10,12H,4-7H2,1-3H3/t9-,10+/m1/s1. The fraction of sp³-hybridized carbons (Fsp3) is 1.00. The Hall–Kier alpha value is -0.0800. The number of aliphatic hydroxyl groups excluding tert-OH is 1. The van der Waals surface area contributed by atoms with Crippen LogP contribution < -0.4 is 0 Å². The quantitative estimate of drug-likeness (QED) is 0.693. The van der Waals surface area contributed by atoms with Crippen molar-refractivity contribution in [2.75, 3.05) is 19.6 Å². The molecule has 1 aliphatic rings. The Morgan fingerprint density at radius 2 is 2.08 bits per heavy atom. The van der Waals surface area contributed by atoms with Crippen LogP contribution in [0.15, 0.2) is 0 Å². The van der Waals surface area contributed by atoms with Gasteiger partial charge in [0, 0.05) is 19.6 Å². The van der Waals surface area contributed by atoms with Crippen molar-refractivity contribution in [1.82, 2.24) is 4.90 Å². The van der Waals surface area contributed by atoms with Gasteiger partial charge in [-0.2, -0.15) is 0 Å². The average molecular weight is 171 g/mol. The predicted octanol–water partition coefficient (Wildman–Crippen LogP) is 1.35. The van der Waals surface area contributed by atoms with E-state index in [0.717, 1.165) is 37.9 Å². The molecule has 0 spiro atoms. The highest BCUT2D eigenvalue weighted by molar-refractivity contribution is 4.76. The van der Waals surface area contributed by atoms with Gasteiger partial charge in [-0.1, -0.05) is 20.8 Å². The first-order valence-electron chi connectivity index (χ1n) is 5.00. The summed E-state index contributed by atoms with van der Waals surface area (Å²) in [7, 11) is 0. The summed E-state index contributed by atoms with van der Waals surface area (Å²) in [5.41, 5.74) is 0. The van der Waals surface area contributed by atoms with Crippen LogP contribution in [0.1, 0.15) is 27.2 Å². The van der Waals surface area contributed by atoms with Crippen LogP contribution >= 0.6 is 0 Å². The van der Waals surface area contributed by atoms with Gasteiger partial charge in [0.2, 0.25) is 0 Å². The van der Waals surface area contributed by atoms with E-state index in [1.807, 2.05) is 0 Å². The molecule has 72 valence electrons. The maximum absolute atomic E-state index is 9.31. The normalized spacial score (nSPS) is 28.2. The van der Waals surface area contributed by atoms with Gasteiger partial charge in [0.15, 0.2) is 0 Å². The number of hydrogen-bond acceptors (Lipinski definition) is 2. The number of nitrogens with zero attached hydrogens (tertiary/aromatic N) is 1. The summed E-state index contributed by atoms with van der Waals surface area (Å²) < 4.78 is 0. The van der Waals surface area contributed by atoms with E-state index in [-0.39, 0.29) is 6.10 Å². The molecule has 12 heavy (non-hydrogen) atoms. The fourth-order valence-corrected chi connectivity index (χ4v) is 1.60. The Morgan fingerprint density at radius 3 is 2.50 bits per heavy atom. The molecule has 0 bridgehead atoms. The molecule has 2 atom stereocenters. The topological polar surface area (TPSA) is 23.5 Å². The van der Waals surface area contributed by atoms with Gasteiger partial charge in [-0.3, -0.25) is 0 Å². The third kappa shape index (κ3) is 2.76. The summed E-state index contributed by atoms with van der Waals surface area (Å²) in [6, 6.07) is 0. The minimum Gasteiger partial charge on any atom is -0.392 e. The molecule has 0 unspecified atom stereocenters. The lowest BCUT2D eigenvalue weighted by Crippen LogP contribution is -2.29. The Balaban J connectivity index is 2.23. The zero-order valence-corrected chi connectivity index (χ0v) is 8.45. The van der Waals surface area contributed by atoms with Crippen LogP contribution in [0, 0.1) is 11.8 Å². The first-order valence-corrected chi connectivity index (χ1v) is 5.00. The monoisotopic (exact) mass is 171 g/mol. The lowest BCUT2D eigenvalue weighted by molar-refractivity contribution is 0.166. The summed E-state index contributed by atoms with van der Waals surface area (Å²) in [5.74, 6) is 1.50. The Labute approximate surface area is 75.6 Å². The maximum atomic E-state index is 9.31. The average Bonchev–Trinajstić information content (AvgIpc) is 2.35. The van der Waals surface area contributed by atoms with E-state index in [9.17, 15) is 5.11 Å². The van der Waals surface area contributed by atoms with Crippen LogP contribution in [0.5, 0.6) is 0 Å². The van der Waals surface area contributed by atoms with Crippen molar-refractivity contribution in [3.05, 3.63) is 0 Å². The zero-order chi connectivity index (χ0) is 9.14. The molecule has 2 heteroatoms. The number of likely N-dealkylation sites (tertiary alicyclic amines) is 1. The molecule has 0 aliphatic carbocycles. The Bertz CT molecular complexity index is 136. The molecule has 0 amide bonds. The molecule has 0 radical (unpaired) electrons. The van der Waals surface area contributed by atoms with E-state index in [4.69, 9.17) is 0 Å². The minimum atomic E-state index is -0.0654. The van der Waals surface area contributed by atoms with E-state index in [0.29, 0.717) is 0 Å². The summed E-state index contributed by atoms with van der Waals surface area (Å²) in [4.78, 5) is 2.37. The van der Waals surface area contributed by atoms with Crippen molar-refractivity contribution < 1.29 is 5.11 Å². The number of hydrogen-bond donors (Lipinski definition) is 1. The molecular formula is C10H21NO. The van der Waals surface area contributed by atoms with Crippen LogP contribution in [0.2, 0.25) is 0 Å². The molecule has 1 N–H and O–H groups in total. The third-order valence-electron chi connectivity index (χ3n) is 2.93. The number of rotatable bonds is 3. The largest absolute Gasteiger partial charge is 0.392 e. The van der Waals surface area contributed by atoms with Gasteiger partial charge in [0.1, 0.15) is 0 Å². The molecule has 1 rings (SSSR count). The summed E-state index contributed by atoms with van der Waals surface area (Å²) in [6.07, 6.45) is 0.898. The predicted molar refractivity (Wildman–Crippen MR) is 51.1 cm³/mol. The first kappa shape index (κ1) is 10.0. The Kier molecular flexibility index (Phi) is 3.53. The van der Waals surface area contributed by atoms with Gasteiger partial charge >= 0.3 is 0 Å². The van der Waals surface area contributed by atoms with Crippen molar-refractivity contribution in [1.29, 1.82) is 0 Å². The molecule has 1 saturated heterocycles. The van der Waals surface area contributed by atoms with Crippen molar-refractivity contribution in [2.24, 2.45) is 11.8 Å². The van der Waals surface area contributed by atoms with Crippen molar-refractivity contribution >= 4 is 0 Å². The second-order valence-corrected chi connectivity index (χ2v) is 4.42. The highest BCUT2D eigenvalue weighted by atomic mass is 16.3. The van der Waals surface area contributed by atoms with Crippen molar-refractivity contribution in [3.8, 4) is 0 Å². The van der Waals surface area contributed by atoms with Crippen molar-refractivity contribution in [3.63, 3.8) is 0 Å². The summed E-state index contributed by atoms with van der Waals surface area (Å²) in [6.45, 7) is 9.92. The lowest BCUT2D eigenvalue weighted by atomic mass is 9.98. The van der Waals surface area contributed by atoms with Gasteiger partial charge in [0.05, 0.1) is 6.10 Å². The fourth-order valence-electron chi connectivity index (χ4n) is 1.60. The van der Waals surface area contributed by atoms with Crippen LogP contribution in [0.4, 0.5) is 0 Å². The van der Waals surface area contributed by atoms with Gasteiger partial charge in [-0.25, -0.2) is 0 Å². The van der Waals surface area contributed by atoms with E-state index in [1.54, 1.807) is 0 Å². The molecular weight excluding hydrogens is 150 g/mol. The smallest absolute Gasteiger partial charge is 0.0679 e. The van der Waals surface area contributed by atoms with Gasteiger partial charge in [0.25, 0.3) is 0 Å². The van der Waals surface area contributed by atoms with Crippen LogP contribution in [-0.2, 0) is 0 Å². The maximum Gasteiger partial charge on any atom is 0.0679 e. The molecule has 2 nitrogen and oxygen atoms in total. The van der Waals surface area contributed by atoms with Crippen LogP contribution in [-0.4, -0.2) is 35.7 Å². The first-order chi connectivity index (χ1) is 5.59. The molecule has 1 heterocycles. The third-order valence-corrected chi connectivity index (χ3v) is 2.93. The SMILES string of the molecule is CC(C)[C@H](C)CN1CC[C@H](O)C1. The van der Waals surface area contributed by atoms with Gasteiger partial charge < -0.3 is 10.0 Å². The second kappa shape index (κ2) is 4.24. The zero-order valence-electron chi connectivity index (χ0n) is 8.45. The van der Waals surface area contributed by atoms with Gasteiger partial charge in [-0.05, 0) is 18.3 Å². The number of aliphatic hydroxyl groups is 1. The molecule has 0 aromatic heterocycles. The lowest BCUT2D eigenvalue weighted by Gasteiger charge is -2.22. The molecule has 0 aromatic carbocycles.